The number of hydrazone groups is 1. The number of non-ortho nitro benzene ring substituents is 1. The van der Waals surface area contributed by atoms with E-state index >= 15 is 0 Å². The predicted molar refractivity (Wildman–Crippen MR) is 126 cm³/mol. The Labute approximate surface area is 185 Å². The zero-order valence-electron chi connectivity index (χ0n) is 18.3. The number of rotatable bonds is 6. The van der Waals surface area contributed by atoms with E-state index in [0.29, 0.717) is 11.3 Å². The van der Waals surface area contributed by atoms with Gasteiger partial charge in [0.05, 0.1) is 16.0 Å². The Hall–Kier alpha value is -2.87. The minimum Gasteiger partial charge on any atom is -0.260 e. The van der Waals surface area contributed by atoms with Crippen molar-refractivity contribution < 1.29 is 4.92 Å². The van der Waals surface area contributed by atoms with Crippen LogP contribution < -0.4 is 5.43 Å². The molecule has 1 aromatic carbocycles. The highest BCUT2D eigenvalue weighted by Crippen LogP contribution is 2.45. The van der Waals surface area contributed by atoms with Gasteiger partial charge in [-0.1, -0.05) is 27.2 Å². The molecule has 0 spiro atoms. The third-order valence-electron chi connectivity index (χ3n) is 6.68. The molecular formula is C23H27N5O2S. The number of thiophene rings is 1. The molecule has 0 radical (unpaired) electrons. The Morgan fingerprint density at radius 3 is 2.74 bits per heavy atom. The molecule has 3 aromatic rings. The van der Waals surface area contributed by atoms with Crippen LogP contribution in [0.1, 0.15) is 56.5 Å². The summed E-state index contributed by atoms with van der Waals surface area (Å²) in [5, 5.41) is 16.5. The van der Waals surface area contributed by atoms with Crippen LogP contribution in [0.4, 0.5) is 11.5 Å². The van der Waals surface area contributed by atoms with Crippen LogP contribution in [0.2, 0.25) is 0 Å². The molecule has 4 rings (SSSR count). The molecule has 0 bridgehead atoms. The number of hydrogen-bond donors (Lipinski definition) is 1. The van der Waals surface area contributed by atoms with Crippen molar-refractivity contribution in [1.29, 1.82) is 0 Å². The van der Waals surface area contributed by atoms with Gasteiger partial charge < -0.3 is 0 Å². The van der Waals surface area contributed by atoms with Crippen LogP contribution in [0.25, 0.3) is 10.2 Å². The largest absolute Gasteiger partial charge is 0.269 e. The molecular weight excluding hydrogens is 410 g/mol. The first-order valence-electron chi connectivity index (χ1n) is 10.6. The summed E-state index contributed by atoms with van der Waals surface area (Å²) < 4.78 is 0. The van der Waals surface area contributed by atoms with E-state index in [-0.39, 0.29) is 5.69 Å². The molecule has 1 aliphatic carbocycles. The summed E-state index contributed by atoms with van der Waals surface area (Å²) >= 11 is 1.77. The second-order valence-corrected chi connectivity index (χ2v) is 9.88. The molecule has 1 atom stereocenters. The number of nitro groups is 1. The highest BCUT2D eigenvalue weighted by atomic mass is 32.1. The quantitative estimate of drug-likeness (QED) is 0.291. The number of fused-ring (bicyclic) bond motifs is 3. The Bertz CT molecular complexity index is 1150. The van der Waals surface area contributed by atoms with Crippen LogP contribution >= 0.6 is 11.3 Å². The zero-order valence-corrected chi connectivity index (χ0v) is 19.1. The Kier molecular flexibility index (Phi) is 5.75. The maximum absolute atomic E-state index is 10.9. The van der Waals surface area contributed by atoms with E-state index in [1.54, 1.807) is 29.8 Å². The molecule has 0 saturated carbocycles. The normalized spacial score (nSPS) is 16.9. The summed E-state index contributed by atoms with van der Waals surface area (Å²) in [7, 11) is 0. The van der Waals surface area contributed by atoms with Gasteiger partial charge in [-0.15, -0.1) is 11.3 Å². The number of nitrogens with one attached hydrogen (secondary N) is 1. The number of benzene rings is 1. The minimum atomic E-state index is -0.404. The number of anilines is 1. The zero-order chi connectivity index (χ0) is 22.2. The first kappa shape index (κ1) is 21.4. The summed E-state index contributed by atoms with van der Waals surface area (Å²) in [6.07, 6.45) is 6.10. The van der Waals surface area contributed by atoms with Crippen LogP contribution in [-0.4, -0.2) is 20.6 Å². The average Bonchev–Trinajstić information content (AvgIpc) is 3.16. The van der Waals surface area contributed by atoms with Crippen LogP contribution in [0.3, 0.4) is 0 Å². The summed E-state index contributed by atoms with van der Waals surface area (Å²) in [6, 6.07) is 6.39. The van der Waals surface area contributed by atoms with Crippen molar-refractivity contribution in [3.8, 4) is 0 Å². The van der Waals surface area contributed by atoms with Crippen molar-refractivity contribution in [3.05, 3.63) is 56.7 Å². The van der Waals surface area contributed by atoms with E-state index in [1.165, 1.54) is 29.0 Å². The van der Waals surface area contributed by atoms with Crippen molar-refractivity contribution in [2.75, 3.05) is 5.43 Å². The molecule has 1 aliphatic rings. The molecule has 0 unspecified atom stereocenters. The fourth-order valence-electron chi connectivity index (χ4n) is 4.17. The smallest absolute Gasteiger partial charge is 0.260 e. The first-order valence-corrected chi connectivity index (χ1v) is 11.4. The number of aromatic nitrogens is 2. The second kappa shape index (κ2) is 8.34. The molecule has 2 aromatic heterocycles. The van der Waals surface area contributed by atoms with E-state index in [4.69, 9.17) is 0 Å². The lowest BCUT2D eigenvalue weighted by Gasteiger charge is -2.36. The summed E-state index contributed by atoms with van der Waals surface area (Å²) in [5.41, 5.74) is 6.43. The summed E-state index contributed by atoms with van der Waals surface area (Å²) in [5.74, 6) is 1.36. The van der Waals surface area contributed by atoms with Gasteiger partial charge in [-0.25, -0.2) is 9.97 Å². The lowest BCUT2D eigenvalue weighted by molar-refractivity contribution is -0.384. The van der Waals surface area contributed by atoms with Crippen LogP contribution in [-0.2, 0) is 12.8 Å². The Balaban J connectivity index is 1.64. The summed E-state index contributed by atoms with van der Waals surface area (Å²) in [4.78, 5) is 21.9. The molecule has 0 aliphatic heterocycles. The van der Waals surface area contributed by atoms with Crippen molar-refractivity contribution in [3.63, 3.8) is 0 Å². The highest BCUT2D eigenvalue weighted by molar-refractivity contribution is 7.19. The molecule has 0 saturated heterocycles. The van der Waals surface area contributed by atoms with Crippen LogP contribution in [0, 0.1) is 21.4 Å². The lowest BCUT2D eigenvalue weighted by Crippen LogP contribution is -2.28. The van der Waals surface area contributed by atoms with Crippen LogP contribution in [0.5, 0.6) is 0 Å². The highest BCUT2D eigenvalue weighted by Gasteiger charge is 2.33. The predicted octanol–water partition coefficient (Wildman–Crippen LogP) is 5.98. The van der Waals surface area contributed by atoms with E-state index < -0.39 is 4.92 Å². The maximum Gasteiger partial charge on any atom is 0.269 e. The molecule has 0 amide bonds. The number of nitrogens with zero attached hydrogens (tertiary/aromatic N) is 4. The fraction of sp³-hybridized carbons (Fsp3) is 0.435. The number of nitro benzene ring substituents is 1. The fourth-order valence-corrected chi connectivity index (χ4v) is 5.36. The molecule has 2 heterocycles. The van der Waals surface area contributed by atoms with Crippen molar-refractivity contribution in [2.45, 2.75) is 53.4 Å². The topological polar surface area (TPSA) is 93.3 Å². The Morgan fingerprint density at radius 1 is 1.32 bits per heavy atom. The SMILES string of the molecule is CCC(C)(C)[C@@H]1CCc2sc3ncnc(N/N=C(\C)c4ccc([N+](=O)[O-])cc4)c3c2C1. The van der Waals surface area contributed by atoms with Gasteiger partial charge in [-0.05, 0) is 60.8 Å². The second-order valence-electron chi connectivity index (χ2n) is 8.80. The first-order chi connectivity index (χ1) is 14.8. The van der Waals surface area contributed by atoms with Gasteiger partial charge in [-0.3, -0.25) is 15.5 Å². The monoisotopic (exact) mass is 437 g/mol. The van der Waals surface area contributed by atoms with Gasteiger partial charge in [0.2, 0.25) is 0 Å². The molecule has 7 nitrogen and oxygen atoms in total. The van der Waals surface area contributed by atoms with Crippen molar-refractivity contribution in [2.24, 2.45) is 16.4 Å². The van der Waals surface area contributed by atoms with Crippen molar-refractivity contribution in [1.82, 2.24) is 9.97 Å². The van der Waals surface area contributed by atoms with Gasteiger partial charge in [-0.2, -0.15) is 5.10 Å². The van der Waals surface area contributed by atoms with Crippen LogP contribution in [0.15, 0.2) is 35.7 Å². The molecule has 31 heavy (non-hydrogen) atoms. The average molecular weight is 438 g/mol. The van der Waals surface area contributed by atoms with E-state index in [0.717, 1.165) is 46.6 Å². The lowest BCUT2D eigenvalue weighted by atomic mass is 9.69. The van der Waals surface area contributed by atoms with E-state index in [9.17, 15) is 10.1 Å². The Morgan fingerprint density at radius 2 is 2.06 bits per heavy atom. The van der Waals surface area contributed by atoms with Gasteiger partial charge in [0.1, 0.15) is 11.2 Å². The van der Waals surface area contributed by atoms with Gasteiger partial charge in [0.25, 0.3) is 5.69 Å². The third-order valence-corrected chi connectivity index (χ3v) is 7.88. The van der Waals surface area contributed by atoms with Gasteiger partial charge in [0.15, 0.2) is 5.82 Å². The van der Waals surface area contributed by atoms with E-state index in [1.807, 2.05) is 6.92 Å². The molecule has 1 N–H and O–H groups in total. The van der Waals surface area contributed by atoms with Crippen molar-refractivity contribution >= 4 is 38.8 Å². The van der Waals surface area contributed by atoms with Gasteiger partial charge in [0, 0.05) is 17.0 Å². The van der Waals surface area contributed by atoms with Gasteiger partial charge >= 0.3 is 0 Å². The summed E-state index contributed by atoms with van der Waals surface area (Å²) in [6.45, 7) is 8.87. The molecule has 8 heteroatoms. The van der Waals surface area contributed by atoms with E-state index in [2.05, 4.69) is 41.3 Å². The standard InChI is InChI=1S/C23H27N5O2S/c1-5-23(3,4)16-8-11-19-18(12-16)20-21(24-13-25-22(20)31-19)27-26-14(2)15-6-9-17(10-7-15)28(29)30/h6-7,9-10,13,16H,5,8,11-12H2,1-4H3,(H,24,25,27)/b26-14+/t16-/m1/s1. The number of hydrogen-bond acceptors (Lipinski definition) is 7. The maximum atomic E-state index is 10.9. The number of aryl methyl sites for hydroxylation is 1. The molecule has 162 valence electrons. The molecule has 0 fully saturated rings. The minimum absolute atomic E-state index is 0.0662. The third kappa shape index (κ3) is 4.17.